The number of aromatic carboxylic acids is 1. The zero-order valence-electron chi connectivity index (χ0n) is 20.0. The lowest BCUT2D eigenvalue weighted by atomic mass is 10.0. The van der Waals surface area contributed by atoms with Crippen LogP contribution in [0, 0.1) is 6.92 Å². The molecule has 0 aliphatic heterocycles. The summed E-state index contributed by atoms with van der Waals surface area (Å²) < 4.78 is 68.5. The number of carboxylic acids is 1. The maximum Gasteiger partial charge on any atom is 0.417 e. The van der Waals surface area contributed by atoms with Crippen molar-refractivity contribution in [2.75, 3.05) is 0 Å². The third-order valence-corrected chi connectivity index (χ3v) is 7.81. The molecule has 0 aliphatic carbocycles. The van der Waals surface area contributed by atoms with Crippen LogP contribution in [0.15, 0.2) is 65.7 Å². The molecule has 7 nitrogen and oxygen atoms in total. The number of aliphatic hydroxyl groups excluding tert-OH is 1. The third kappa shape index (κ3) is 4.84. The van der Waals surface area contributed by atoms with Crippen molar-refractivity contribution in [3.05, 3.63) is 94.3 Å². The van der Waals surface area contributed by atoms with Gasteiger partial charge in [0.05, 0.1) is 21.7 Å². The van der Waals surface area contributed by atoms with Crippen molar-refractivity contribution in [1.29, 1.82) is 0 Å². The van der Waals surface area contributed by atoms with Gasteiger partial charge in [-0.05, 0) is 59.9 Å². The van der Waals surface area contributed by atoms with Gasteiger partial charge in [0, 0.05) is 11.6 Å². The number of aromatic nitrogens is 2. The number of rotatable bonds is 6. The van der Waals surface area contributed by atoms with Gasteiger partial charge in [-0.15, -0.1) is 0 Å². The number of hydrogen-bond donors (Lipinski definition) is 2. The van der Waals surface area contributed by atoms with Crippen LogP contribution in [-0.2, 0) is 16.2 Å². The number of halogens is 3. The van der Waals surface area contributed by atoms with Gasteiger partial charge in [0.1, 0.15) is 6.10 Å². The van der Waals surface area contributed by atoms with Gasteiger partial charge in [-0.25, -0.2) is 22.2 Å². The van der Waals surface area contributed by atoms with Crippen LogP contribution in [0.3, 0.4) is 0 Å². The fourth-order valence-electron chi connectivity index (χ4n) is 4.10. The average molecular weight is 533 g/mol. The molecule has 11 heteroatoms. The molecule has 2 N–H and O–H groups in total. The van der Waals surface area contributed by atoms with Crippen molar-refractivity contribution in [2.45, 2.75) is 43.9 Å². The number of carbonyl (C=O) groups is 1. The molecule has 0 aliphatic rings. The Kier molecular flexibility index (Phi) is 6.63. The predicted octanol–water partition coefficient (Wildman–Crippen LogP) is 5.50. The Morgan fingerprint density at radius 1 is 1.03 bits per heavy atom. The maximum absolute atomic E-state index is 13.8. The lowest BCUT2D eigenvalue weighted by molar-refractivity contribution is -0.137. The van der Waals surface area contributed by atoms with Crippen LogP contribution in [0.4, 0.5) is 13.2 Å². The van der Waals surface area contributed by atoms with Crippen LogP contribution in [0.5, 0.6) is 0 Å². The Bertz CT molecular complexity index is 1630. The summed E-state index contributed by atoms with van der Waals surface area (Å²) in [6.45, 7) is 5.28. The maximum atomic E-state index is 13.8. The molecule has 37 heavy (non-hydrogen) atoms. The van der Waals surface area contributed by atoms with E-state index in [9.17, 15) is 36.6 Å². The van der Waals surface area contributed by atoms with E-state index in [1.165, 1.54) is 37.3 Å². The number of benzene rings is 2. The summed E-state index contributed by atoms with van der Waals surface area (Å²) in [7, 11) is -4.42. The summed E-state index contributed by atoms with van der Waals surface area (Å²) >= 11 is 0. The fraction of sp³-hybridized carbons (Fsp3) is 0.231. The second kappa shape index (κ2) is 9.31. The molecule has 0 fully saturated rings. The SMILES string of the molecule is Cc1cc(C(O)c2cc3cc(C(F)(F)F)cnc3n2S(=O)(=O)c2cccc(C(C)C)c2)ccc1C(=O)O. The first-order valence-corrected chi connectivity index (χ1v) is 12.6. The van der Waals surface area contributed by atoms with Gasteiger partial charge in [0.2, 0.25) is 0 Å². The molecule has 1 unspecified atom stereocenters. The highest BCUT2D eigenvalue weighted by Gasteiger charge is 2.34. The standard InChI is InChI=1S/C26H23F3N2O5S/c1-14(2)16-5-4-6-20(11-16)37(35,36)31-22(12-18-10-19(26(27,28)29)13-30-24(18)31)23(32)17-7-8-21(25(33)34)15(3)9-17/h4-14,23,32H,1-3H3,(H,33,34). The number of hydrogen-bond acceptors (Lipinski definition) is 5. The molecule has 0 spiro atoms. The highest BCUT2D eigenvalue weighted by atomic mass is 32.2. The molecule has 1 atom stereocenters. The minimum absolute atomic E-state index is 0.00445. The number of aliphatic hydroxyl groups is 1. The summed E-state index contributed by atoms with van der Waals surface area (Å²) in [6, 6.07) is 12.0. The van der Waals surface area contributed by atoms with E-state index in [2.05, 4.69) is 4.98 Å². The Labute approximate surface area is 210 Å². The number of fused-ring (bicyclic) bond motifs is 1. The van der Waals surface area contributed by atoms with Gasteiger partial charge < -0.3 is 10.2 Å². The fourth-order valence-corrected chi connectivity index (χ4v) is 5.65. The minimum Gasteiger partial charge on any atom is -0.478 e. The number of alkyl halides is 3. The minimum atomic E-state index is -4.71. The van der Waals surface area contributed by atoms with Crippen LogP contribution in [0.2, 0.25) is 0 Å². The van der Waals surface area contributed by atoms with Gasteiger partial charge in [0.25, 0.3) is 10.0 Å². The van der Waals surface area contributed by atoms with Crippen LogP contribution in [-0.4, -0.2) is 33.6 Å². The van der Waals surface area contributed by atoms with Crippen LogP contribution in [0.25, 0.3) is 11.0 Å². The molecule has 194 valence electrons. The summed E-state index contributed by atoms with van der Waals surface area (Å²) in [5, 5.41) is 20.4. The molecule has 0 amide bonds. The van der Waals surface area contributed by atoms with E-state index in [0.717, 1.165) is 21.7 Å². The number of nitrogens with zero attached hydrogens (tertiary/aromatic N) is 2. The smallest absolute Gasteiger partial charge is 0.417 e. The third-order valence-electron chi connectivity index (χ3n) is 6.09. The summed E-state index contributed by atoms with van der Waals surface area (Å²) in [5.41, 5.74) is -0.391. The number of aryl methyl sites for hydroxylation is 1. The van der Waals surface area contributed by atoms with Crippen molar-refractivity contribution < 1.29 is 36.6 Å². The Morgan fingerprint density at radius 2 is 1.73 bits per heavy atom. The van der Waals surface area contributed by atoms with E-state index >= 15 is 0 Å². The Hall–Kier alpha value is -3.70. The predicted molar refractivity (Wildman–Crippen MR) is 130 cm³/mol. The van der Waals surface area contributed by atoms with Gasteiger partial charge in [-0.1, -0.05) is 38.1 Å². The van der Waals surface area contributed by atoms with Crippen molar-refractivity contribution in [1.82, 2.24) is 8.96 Å². The molecule has 2 aromatic heterocycles. The highest BCUT2D eigenvalue weighted by molar-refractivity contribution is 7.90. The van der Waals surface area contributed by atoms with Gasteiger partial charge in [0.15, 0.2) is 5.65 Å². The Balaban J connectivity index is 1.98. The first kappa shape index (κ1) is 26.4. The van der Waals surface area contributed by atoms with Gasteiger partial charge in [-0.2, -0.15) is 13.2 Å². The molecule has 0 saturated carbocycles. The quantitative estimate of drug-likeness (QED) is 0.339. The van der Waals surface area contributed by atoms with E-state index < -0.39 is 33.8 Å². The van der Waals surface area contributed by atoms with Crippen LogP contribution < -0.4 is 0 Å². The summed E-state index contributed by atoms with van der Waals surface area (Å²) in [4.78, 5) is 15.1. The zero-order valence-corrected chi connectivity index (χ0v) is 20.8. The number of pyridine rings is 1. The Morgan fingerprint density at radius 3 is 2.32 bits per heavy atom. The van der Waals surface area contributed by atoms with Gasteiger partial charge >= 0.3 is 12.1 Å². The zero-order chi connectivity index (χ0) is 27.3. The van der Waals surface area contributed by atoms with E-state index in [1.54, 1.807) is 12.1 Å². The normalized spacial score (nSPS) is 13.3. The van der Waals surface area contributed by atoms with E-state index in [4.69, 9.17) is 0 Å². The molecule has 4 aromatic rings. The summed E-state index contributed by atoms with van der Waals surface area (Å²) in [5.74, 6) is -1.17. The van der Waals surface area contributed by atoms with E-state index in [0.29, 0.717) is 11.8 Å². The average Bonchev–Trinajstić information content (AvgIpc) is 3.22. The van der Waals surface area contributed by atoms with Crippen molar-refractivity contribution in [3.63, 3.8) is 0 Å². The molecule has 2 aromatic carbocycles. The largest absolute Gasteiger partial charge is 0.478 e. The lowest BCUT2D eigenvalue weighted by Crippen LogP contribution is -2.19. The second-order valence-electron chi connectivity index (χ2n) is 8.98. The second-order valence-corrected chi connectivity index (χ2v) is 10.8. The first-order valence-electron chi connectivity index (χ1n) is 11.2. The topological polar surface area (TPSA) is 109 Å². The van der Waals surface area contributed by atoms with Crippen LogP contribution >= 0.6 is 0 Å². The van der Waals surface area contributed by atoms with Crippen molar-refractivity contribution in [2.24, 2.45) is 0 Å². The molecule has 2 heterocycles. The van der Waals surface area contributed by atoms with Crippen LogP contribution in [0.1, 0.15) is 64.2 Å². The van der Waals surface area contributed by atoms with E-state index in [1.807, 2.05) is 13.8 Å². The van der Waals surface area contributed by atoms with Gasteiger partial charge in [-0.3, -0.25) is 0 Å². The molecule has 4 rings (SSSR count). The summed E-state index contributed by atoms with van der Waals surface area (Å²) in [6.07, 6.45) is -5.79. The number of carboxylic acid groups (broad SMARTS) is 1. The van der Waals surface area contributed by atoms with Crippen molar-refractivity contribution >= 4 is 27.0 Å². The first-order chi connectivity index (χ1) is 17.2. The lowest BCUT2D eigenvalue weighted by Gasteiger charge is -2.17. The molecule has 0 radical (unpaired) electrons. The van der Waals surface area contributed by atoms with E-state index in [-0.39, 0.29) is 38.7 Å². The highest BCUT2D eigenvalue weighted by Crippen LogP contribution is 2.36. The molecular weight excluding hydrogens is 509 g/mol. The molecule has 0 bridgehead atoms. The molecular formula is C26H23F3N2O5S. The molecule has 0 saturated heterocycles. The van der Waals surface area contributed by atoms with Crippen molar-refractivity contribution in [3.8, 4) is 0 Å². The monoisotopic (exact) mass is 532 g/mol.